The maximum absolute atomic E-state index is 5.90. The molecule has 1 aromatic heterocycles. The molecule has 0 spiro atoms. The molecule has 2 N–H and O–H groups in total. The number of nitrogens with one attached hydrogen (secondary N) is 2. The summed E-state index contributed by atoms with van der Waals surface area (Å²) < 4.78 is 0. The molecule has 2 rings (SSSR count). The Morgan fingerprint density at radius 1 is 1.18 bits per heavy atom. The van der Waals surface area contributed by atoms with Crippen LogP contribution in [0.1, 0.15) is 5.56 Å². The third kappa shape index (κ3) is 2.85. The first kappa shape index (κ1) is 11.7. The number of rotatable bonds is 3. The second kappa shape index (κ2) is 5.01. The van der Waals surface area contributed by atoms with Crippen LogP contribution in [0.5, 0.6) is 0 Å². The number of hydrogen-bond acceptors (Lipinski definition) is 4. The zero-order chi connectivity index (χ0) is 12.3. The Morgan fingerprint density at radius 3 is 2.65 bits per heavy atom. The van der Waals surface area contributed by atoms with Crippen LogP contribution in [-0.2, 0) is 0 Å². The first-order valence-corrected chi connectivity index (χ1v) is 5.60. The van der Waals surface area contributed by atoms with Gasteiger partial charge in [0.05, 0.1) is 12.4 Å². The molecule has 0 radical (unpaired) electrons. The van der Waals surface area contributed by atoms with Gasteiger partial charge in [-0.25, -0.2) is 4.98 Å². The molecule has 0 atom stereocenters. The van der Waals surface area contributed by atoms with Crippen LogP contribution < -0.4 is 10.6 Å². The molecule has 4 nitrogen and oxygen atoms in total. The highest BCUT2D eigenvalue weighted by Gasteiger charge is 2.01. The molecule has 5 heteroatoms. The van der Waals surface area contributed by atoms with Crippen LogP contribution >= 0.6 is 11.6 Å². The summed E-state index contributed by atoms with van der Waals surface area (Å²) in [5.41, 5.74) is 2.03. The number of benzene rings is 1. The first-order valence-electron chi connectivity index (χ1n) is 5.22. The van der Waals surface area contributed by atoms with Crippen LogP contribution in [0.15, 0.2) is 30.6 Å². The lowest BCUT2D eigenvalue weighted by atomic mass is 10.2. The van der Waals surface area contributed by atoms with E-state index in [1.54, 1.807) is 19.4 Å². The Labute approximate surface area is 105 Å². The van der Waals surface area contributed by atoms with E-state index < -0.39 is 0 Å². The van der Waals surface area contributed by atoms with E-state index in [0.717, 1.165) is 22.1 Å². The lowest BCUT2D eigenvalue weighted by molar-refractivity contribution is 1.18. The number of halogens is 1. The molecule has 0 aliphatic heterocycles. The average molecular weight is 249 g/mol. The Hall–Kier alpha value is -1.81. The zero-order valence-corrected chi connectivity index (χ0v) is 10.4. The number of aromatic nitrogens is 2. The summed E-state index contributed by atoms with van der Waals surface area (Å²) in [6.45, 7) is 1.99. The molecular weight excluding hydrogens is 236 g/mol. The number of anilines is 3. The van der Waals surface area contributed by atoms with Gasteiger partial charge in [-0.3, -0.25) is 4.98 Å². The lowest BCUT2D eigenvalue weighted by Gasteiger charge is -2.09. The van der Waals surface area contributed by atoms with Crippen LogP contribution in [0.4, 0.5) is 17.3 Å². The number of hydrogen-bond donors (Lipinski definition) is 2. The fraction of sp³-hybridized carbons (Fsp3) is 0.167. The molecule has 0 bridgehead atoms. The van der Waals surface area contributed by atoms with Gasteiger partial charge in [0.25, 0.3) is 0 Å². The third-order valence-corrected chi connectivity index (χ3v) is 2.58. The summed E-state index contributed by atoms with van der Waals surface area (Å²) in [5.74, 6) is 1.42. The monoisotopic (exact) mass is 248 g/mol. The van der Waals surface area contributed by atoms with E-state index >= 15 is 0 Å². The van der Waals surface area contributed by atoms with E-state index in [1.165, 1.54) is 0 Å². The van der Waals surface area contributed by atoms with Gasteiger partial charge in [-0.15, -0.1) is 0 Å². The van der Waals surface area contributed by atoms with Crippen molar-refractivity contribution in [2.24, 2.45) is 0 Å². The van der Waals surface area contributed by atoms with Crippen molar-refractivity contribution in [3.8, 4) is 0 Å². The maximum Gasteiger partial charge on any atom is 0.151 e. The first-order chi connectivity index (χ1) is 8.19. The summed E-state index contributed by atoms with van der Waals surface area (Å²) in [7, 11) is 1.81. The van der Waals surface area contributed by atoms with Gasteiger partial charge in [-0.2, -0.15) is 0 Å². The van der Waals surface area contributed by atoms with E-state index in [-0.39, 0.29) is 0 Å². The lowest BCUT2D eigenvalue weighted by Crippen LogP contribution is -1.99. The molecular formula is C12H13ClN4. The molecule has 17 heavy (non-hydrogen) atoms. The Morgan fingerprint density at radius 2 is 1.94 bits per heavy atom. The minimum absolute atomic E-state index is 0.697. The van der Waals surface area contributed by atoms with E-state index in [9.17, 15) is 0 Å². The topological polar surface area (TPSA) is 49.8 Å². The number of nitrogens with zero attached hydrogens (tertiary/aromatic N) is 2. The molecule has 0 aliphatic carbocycles. The van der Waals surface area contributed by atoms with Gasteiger partial charge >= 0.3 is 0 Å². The van der Waals surface area contributed by atoms with Crippen molar-refractivity contribution in [2.45, 2.75) is 6.92 Å². The molecule has 0 amide bonds. The van der Waals surface area contributed by atoms with E-state index in [0.29, 0.717) is 5.82 Å². The van der Waals surface area contributed by atoms with E-state index in [4.69, 9.17) is 11.6 Å². The van der Waals surface area contributed by atoms with Gasteiger partial charge < -0.3 is 10.6 Å². The average Bonchev–Trinajstić information content (AvgIpc) is 2.33. The number of aryl methyl sites for hydroxylation is 1. The molecule has 0 saturated heterocycles. The minimum Gasteiger partial charge on any atom is -0.372 e. The largest absolute Gasteiger partial charge is 0.372 e. The van der Waals surface area contributed by atoms with Crippen LogP contribution in [-0.4, -0.2) is 17.0 Å². The van der Waals surface area contributed by atoms with Gasteiger partial charge in [0, 0.05) is 17.8 Å². The van der Waals surface area contributed by atoms with Gasteiger partial charge in [0.2, 0.25) is 0 Å². The maximum atomic E-state index is 5.90. The van der Waals surface area contributed by atoms with E-state index in [1.807, 2.05) is 25.1 Å². The summed E-state index contributed by atoms with van der Waals surface area (Å²) in [6, 6.07) is 5.66. The van der Waals surface area contributed by atoms with Crippen molar-refractivity contribution in [1.29, 1.82) is 0 Å². The summed E-state index contributed by atoms with van der Waals surface area (Å²) in [6.07, 6.45) is 3.34. The van der Waals surface area contributed by atoms with Crippen molar-refractivity contribution < 1.29 is 0 Å². The van der Waals surface area contributed by atoms with Gasteiger partial charge in [-0.1, -0.05) is 11.6 Å². The van der Waals surface area contributed by atoms with Crippen molar-refractivity contribution in [2.75, 3.05) is 17.7 Å². The summed E-state index contributed by atoms with van der Waals surface area (Å²) in [4.78, 5) is 8.42. The van der Waals surface area contributed by atoms with E-state index in [2.05, 4.69) is 20.6 Å². The van der Waals surface area contributed by atoms with Crippen molar-refractivity contribution in [3.05, 3.63) is 41.2 Å². The quantitative estimate of drug-likeness (QED) is 0.876. The summed E-state index contributed by atoms with van der Waals surface area (Å²) in [5, 5.41) is 6.87. The fourth-order valence-electron chi connectivity index (χ4n) is 1.45. The van der Waals surface area contributed by atoms with Crippen molar-refractivity contribution in [1.82, 2.24) is 9.97 Å². The minimum atomic E-state index is 0.697. The Bertz CT molecular complexity index is 528. The SMILES string of the molecule is CNc1cncc(Nc2ccc(Cl)cc2C)n1. The molecule has 0 aliphatic rings. The highest BCUT2D eigenvalue weighted by molar-refractivity contribution is 6.30. The fourth-order valence-corrected chi connectivity index (χ4v) is 1.68. The van der Waals surface area contributed by atoms with Crippen molar-refractivity contribution >= 4 is 28.9 Å². The molecule has 0 saturated carbocycles. The predicted molar refractivity (Wildman–Crippen MR) is 71.1 cm³/mol. The Kier molecular flexibility index (Phi) is 3.44. The molecule has 88 valence electrons. The molecule has 1 aromatic carbocycles. The second-order valence-electron chi connectivity index (χ2n) is 3.62. The highest BCUT2D eigenvalue weighted by Crippen LogP contribution is 2.22. The third-order valence-electron chi connectivity index (χ3n) is 2.34. The van der Waals surface area contributed by atoms with Gasteiger partial charge in [0.1, 0.15) is 5.82 Å². The van der Waals surface area contributed by atoms with Crippen LogP contribution in [0.2, 0.25) is 5.02 Å². The van der Waals surface area contributed by atoms with Crippen LogP contribution in [0, 0.1) is 6.92 Å². The standard InChI is InChI=1S/C12H13ClN4/c1-8-5-9(13)3-4-10(8)16-12-7-15-6-11(14-2)17-12/h3-7H,1-2H3,(H2,14,16,17). The predicted octanol–water partition coefficient (Wildman–Crippen LogP) is 3.22. The van der Waals surface area contributed by atoms with Crippen LogP contribution in [0.25, 0.3) is 0 Å². The van der Waals surface area contributed by atoms with Crippen molar-refractivity contribution in [3.63, 3.8) is 0 Å². The highest BCUT2D eigenvalue weighted by atomic mass is 35.5. The smallest absolute Gasteiger partial charge is 0.151 e. The normalized spacial score (nSPS) is 10.1. The van der Waals surface area contributed by atoms with Crippen LogP contribution in [0.3, 0.4) is 0 Å². The molecule has 0 unspecified atom stereocenters. The molecule has 1 heterocycles. The van der Waals surface area contributed by atoms with Gasteiger partial charge in [-0.05, 0) is 30.7 Å². The molecule has 2 aromatic rings. The van der Waals surface area contributed by atoms with Gasteiger partial charge in [0.15, 0.2) is 5.82 Å². The second-order valence-corrected chi connectivity index (χ2v) is 4.06. The zero-order valence-electron chi connectivity index (χ0n) is 9.66. The Balaban J connectivity index is 2.25. The molecule has 0 fully saturated rings. The summed E-state index contributed by atoms with van der Waals surface area (Å²) >= 11 is 5.90.